The van der Waals surface area contributed by atoms with Crippen LogP contribution in [0.15, 0.2) is 41.7 Å². The zero-order valence-corrected chi connectivity index (χ0v) is 21.7. The molecule has 1 saturated heterocycles. The monoisotopic (exact) mass is 551 g/mol. The van der Waals surface area contributed by atoms with E-state index in [9.17, 15) is 14.4 Å². The van der Waals surface area contributed by atoms with E-state index in [0.717, 1.165) is 5.56 Å². The molecular formula is C25H24Cl3N3O5. The number of hydrogen-bond donors (Lipinski definition) is 1. The molecule has 1 unspecified atom stereocenters. The van der Waals surface area contributed by atoms with E-state index in [1.165, 1.54) is 12.4 Å². The van der Waals surface area contributed by atoms with Gasteiger partial charge in [-0.25, -0.2) is 4.79 Å². The number of pyridine rings is 1. The van der Waals surface area contributed by atoms with Gasteiger partial charge in [-0.05, 0) is 37.5 Å². The quantitative estimate of drug-likeness (QED) is 0.399. The van der Waals surface area contributed by atoms with Crippen molar-refractivity contribution in [1.82, 2.24) is 4.98 Å². The summed E-state index contributed by atoms with van der Waals surface area (Å²) in [6.45, 7) is 2.81. The molecule has 2 fully saturated rings. The van der Waals surface area contributed by atoms with E-state index < -0.39 is 28.7 Å². The molecule has 2 aliphatic rings. The third kappa shape index (κ3) is 5.27. The molecule has 2 heterocycles. The summed E-state index contributed by atoms with van der Waals surface area (Å²) in [6, 6.07) is 6.08. The fourth-order valence-electron chi connectivity index (χ4n) is 4.43. The molecule has 190 valence electrons. The lowest BCUT2D eigenvalue weighted by molar-refractivity contribution is -0.144. The number of benzene rings is 1. The van der Waals surface area contributed by atoms with Crippen LogP contribution in [0.5, 0.6) is 0 Å². The molecule has 0 bridgehead atoms. The number of aliphatic imine (C=N–C) groups is 1. The first-order valence-corrected chi connectivity index (χ1v) is 12.7. The standard InChI is InChI=1S/C25H24Cl3N3O5/c1-2-36-24(34)18(31-21-20(28)22(32)25(21)7-9-35-10-8-25)11-14-3-5-15(6-4-14)30-23(33)19-16(26)12-29-13-17(19)27/h3-6,12-13,18,20H,2,7-11H2,1H3,(H,30,33)/t18-,20?/m0/s1. The highest BCUT2D eigenvalue weighted by Crippen LogP contribution is 2.46. The van der Waals surface area contributed by atoms with Crippen molar-refractivity contribution in [1.29, 1.82) is 0 Å². The van der Waals surface area contributed by atoms with Crippen LogP contribution in [0.2, 0.25) is 10.0 Å². The van der Waals surface area contributed by atoms with Gasteiger partial charge in [-0.3, -0.25) is 19.6 Å². The van der Waals surface area contributed by atoms with Gasteiger partial charge >= 0.3 is 5.97 Å². The average Bonchev–Trinajstić information content (AvgIpc) is 2.87. The zero-order chi connectivity index (χ0) is 25.9. The fourth-order valence-corrected chi connectivity index (χ4v) is 5.44. The molecule has 4 rings (SSSR count). The van der Waals surface area contributed by atoms with Crippen LogP contribution in [-0.4, -0.2) is 59.6 Å². The molecule has 36 heavy (non-hydrogen) atoms. The lowest BCUT2D eigenvalue weighted by Gasteiger charge is -2.47. The Bertz CT molecular complexity index is 1180. The number of anilines is 1. The van der Waals surface area contributed by atoms with Gasteiger partial charge in [0.2, 0.25) is 0 Å². The van der Waals surface area contributed by atoms with Crippen LogP contribution in [0.3, 0.4) is 0 Å². The van der Waals surface area contributed by atoms with Crippen LogP contribution in [0.25, 0.3) is 0 Å². The molecule has 1 spiro atoms. The van der Waals surface area contributed by atoms with Crippen LogP contribution >= 0.6 is 34.8 Å². The van der Waals surface area contributed by atoms with E-state index in [1.54, 1.807) is 31.2 Å². The number of nitrogens with zero attached hydrogens (tertiary/aromatic N) is 2. The first-order valence-electron chi connectivity index (χ1n) is 11.5. The van der Waals surface area contributed by atoms with Crippen LogP contribution in [-0.2, 0) is 25.5 Å². The number of halogens is 3. The van der Waals surface area contributed by atoms with Gasteiger partial charge in [0.05, 0.1) is 33.3 Å². The normalized spacial score (nSPS) is 20.6. The highest BCUT2D eigenvalue weighted by molar-refractivity contribution is 6.54. The predicted molar refractivity (Wildman–Crippen MR) is 137 cm³/mol. The minimum atomic E-state index is -0.858. The maximum atomic E-state index is 12.7. The lowest BCUT2D eigenvalue weighted by atomic mass is 9.60. The number of carbonyl (C=O) groups excluding carboxylic acids is 3. The molecule has 1 aromatic heterocycles. The van der Waals surface area contributed by atoms with E-state index in [-0.39, 0.29) is 34.4 Å². The SMILES string of the molecule is CCOC(=O)[C@H](Cc1ccc(NC(=O)c2c(Cl)cncc2Cl)cc1)N=C1C(Cl)C(=O)C12CCOCC2. The summed E-state index contributed by atoms with van der Waals surface area (Å²) in [6.07, 6.45) is 3.93. The number of ether oxygens (including phenoxy) is 2. The van der Waals surface area contributed by atoms with Crippen molar-refractivity contribution < 1.29 is 23.9 Å². The van der Waals surface area contributed by atoms with Gasteiger partial charge in [-0.2, -0.15) is 0 Å². The number of carbonyl (C=O) groups is 3. The predicted octanol–water partition coefficient (Wildman–Crippen LogP) is 4.54. The molecule has 8 nitrogen and oxygen atoms in total. The topological polar surface area (TPSA) is 107 Å². The highest BCUT2D eigenvalue weighted by atomic mass is 35.5. The van der Waals surface area contributed by atoms with Crippen molar-refractivity contribution >= 4 is 63.9 Å². The molecule has 1 saturated carbocycles. The third-order valence-electron chi connectivity index (χ3n) is 6.35. The van der Waals surface area contributed by atoms with Crippen molar-refractivity contribution in [3.05, 3.63) is 57.8 Å². The molecule has 1 aliphatic heterocycles. The second kappa shape index (κ2) is 11.3. The zero-order valence-electron chi connectivity index (χ0n) is 19.4. The van der Waals surface area contributed by atoms with Crippen LogP contribution < -0.4 is 5.32 Å². The van der Waals surface area contributed by atoms with Crippen LogP contribution in [0, 0.1) is 5.41 Å². The molecule has 1 aliphatic carbocycles. The summed E-state index contributed by atoms with van der Waals surface area (Å²) in [4.78, 5) is 46.5. The second-order valence-corrected chi connectivity index (χ2v) is 9.79. The van der Waals surface area contributed by atoms with Gasteiger partial charge in [-0.1, -0.05) is 35.3 Å². The van der Waals surface area contributed by atoms with Gasteiger partial charge in [0.1, 0.15) is 5.38 Å². The van der Waals surface area contributed by atoms with Gasteiger partial charge in [0.25, 0.3) is 5.91 Å². The Morgan fingerprint density at radius 2 is 1.83 bits per heavy atom. The number of alkyl halides is 1. The van der Waals surface area contributed by atoms with E-state index in [0.29, 0.717) is 37.5 Å². The molecule has 2 atom stereocenters. The Hall–Kier alpha value is -2.52. The fraction of sp³-hybridized carbons (Fsp3) is 0.400. The van der Waals surface area contributed by atoms with Gasteiger partial charge < -0.3 is 14.8 Å². The van der Waals surface area contributed by atoms with Crippen molar-refractivity contribution in [3.63, 3.8) is 0 Å². The molecule has 1 amide bonds. The Morgan fingerprint density at radius 3 is 2.44 bits per heavy atom. The number of Topliss-reactive ketones (excluding diaryl/α,β-unsaturated/α-hetero) is 1. The third-order valence-corrected chi connectivity index (χ3v) is 7.33. The van der Waals surface area contributed by atoms with Crippen molar-refractivity contribution in [2.24, 2.45) is 10.4 Å². The van der Waals surface area contributed by atoms with Crippen LogP contribution in [0.4, 0.5) is 5.69 Å². The van der Waals surface area contributed by atoms with Crippen molar-refractivity contribution in [3.8, 4) is 0 Å². The van der Waals surface area contributed by atoms with Crippen LogP contribution in [0.1, 0.15) is 35.7 Å². The van der Waals surface area contributed by atoms with Gasteiger partial charge in [0.15, 0.2) is 11.8 Å². The highest BCUT2D eigenvalue weighted by Gasteiger charge is 2.59. The average molecular weight is 553 g/mol. The molecule has 0 radical (unpaired) electrons. The first kappa shape index (κ1) is 26.5. The van der Waals surface area contributed by atoms with Crippen molar-refractivity contribution in [2.75, 3.05) is 25.1 Å². The summed E-state index contributed by atoms with van der Waals surface area (Å²) in [5.41, 5.74) is 1.21. The number of rotatable bonds is 7. The van der Waals surface area contributed by atoms with Gasteiger partial charge in [0, 0.05) is 37.7 Å². The summed E-state index contributed by atoms with van der Waals surface area (Å²) < 4.78 is 10.7. The summed E-state index contributed by atoms with van der Waals surface area (Å²) in [7, 11) is 0. The minimum absolute atomic E-state index is 0.0664. The maximum Gasteiger partial charge on any atom is 0.331 e. The van der Waals surface area contributed by atoms with Gasteiger partial charge in [-0.15, -0.1) is 11.6 Å². The minimum Gasteiger partial charge on any atom is -0.464 e. The maximum absolute atomic E-state index is 12.7. The van der Waals surface area contributed by atoms with E-state index >= 15 is 0 Å². The largest absolute Gasteiger partial charge is 0.464 e. The summed E-state index contributed by atoms with van der Waals surface area (Å²) in [5, 5.41) is 2.18. The van der Waals surface area contributed by atoms with E-state index in [1.807, 2.05) is 0 Å². The summed E-state index contributed by atoms with van der Waals surface area (Å²) in [5.74, 6) is -1.03. The lowest BCUT2D eigenvalue weighted by Crippen LogP contribution is -2.62. The number of amides is 1. The molecule has 11 heteroatoms. The number of nitrogens with one attached hydrogen (secondary N) is 1. The molecule has 1 aromatic carbocycles. The Kier molecular flexibility index (Phi) is 8.30. The molecule has 1 N–H and O–H groups in total. The second-order valence-electron chi connectivity index (χ2n) is 8.54. The number of ketones is 1. The van der Waals surface area contributed by atoms with Crippen molar-refractivity contribution in [2.45, 2.75) is 37.6 Å². The Labute approximate surface area is 223 Å². The molecular weight excluding hydrogens is 529 g/mol. The smallest absolute Gasteiger partial charge is 0.331 e. The first-order chi connectivity index (χ1) is 17.3. The van der Waals surface area contributed by atoms with E-state index in [4.69, 9.17) is 44.3 Å². The number of hydrogen-bond acceptors (Lipinski definition) is 7. The number of esters is 1. The number of aromatic nitrogens is 1. The van der Waals surface area contributed by atoms with E-state index in [2.05, 4.69) is 15.3 Å². The summed E-state index contributed by atoms with van der Waals surface area (Å²) >= 11 is 18.4. The Morgan fingerprint density at radius 1 is 1.19 bits per heavy atom. The Balaban J connectivity index is 1.51. The molecule has 2 aromatic rings.